The lowest BCUT2D eigenvalue weighted by molar-refractivity contribution is -0.189. The molecule has 4 nitrogen and oxygen atoms in total. The topological polar surface area (TPSA) is 39.1 Å². The molecule has 20 heavy (non-hydrogen) atoms. The number of ether oxygens (including phenoxy) is 1. The Labute approximate surface area is 116 Å². The molecule has 2 atom stereocenters. The fourth-order valence-electron chi connectivity index (χ4n) is 2.77. The summed E-state index contributed by atoms with van der Waals surface area (Å²) in [5.41, 5.74) is 0.511. The van der Waals surface area contributed by atoms with Gasteiger partial charge in [0.2, 0.25) is 0 Å². The first kappa shape index (κ1) is 15.2. The summed E-state index contributed by atoms with van der Waals surface area (Å²) in [7, 11) is 1.46. The molecule has 0 bridgehead atoms. The van der Waals surface area contributed by atoms with Crippen molar-refractivity contribution in [2.45, 2.75) is 44.9 Å². The van der Waals surface area contributed by atoms with E-state index in [0.29, 0.717) is 31.0 Å². The van der Waals surface area contributed by atoms with E-state index in [1.807, 2.05) is 6.92 Å². The van der Waals surface area contributed by atoms with Gasteiger partial charge in [-0.3, -0.25) is 4.68 Å². The number of aryl methyl sites for hydroxylation is 1. The van der Waals surface area contributed by atoms with Crippen LogP contribution in [0.3, 0.4) is 0 Å². The number of nitrogens with zero attached hydrogens (tertiary/aromatic N) is 2. The van der Waals surface area contributed by atoms with Crippen molar-refractivity contribution in [3.63, 3.8) is 0 Å². The van der Waals surface area contributed by atoms with E-state index in [2.05, 4.69) is 10.4 Å². The van der Waals surface area contributed by atoms with E-state index in [1.54, 1.807) is 4.68 Å². The average Bonchev–Trinajstić information content (AvgIpc) is 2.81. The van der Waals surface area contributed by atoms with Gasteiger partial charge < -0.3 is 10.1 Å². The first-order chi connectivity index (χ1) is 9.49. The largest absolute Gasteiger partial charge is 0.493 e. The van der Waals surface area contributed by atoms with Crippen LogP contribution in [-0.2, 0) is 6.54 Å². The Morgan fingerprint density at radius 3 is 2.85 bits per heavy atom. The SMILES string of the molecule is CCCn1ncc(OC)c1C1NCCCC1C(F)(F)F. The predicted molar refractivity (Wildman–Crippen MR) is 68.6 cm³/mol. The zero-order valence-electron chi connectivity index (χ0n) is 11.7. The molecule has 2 unspecified atom stereocenters. The highest BCUT2D eigenvalue weighted by atomic mass is 19.4. The molecule has 1 aliphatic heterocycles. The maximum absolute atomic E-state index is 13.2. The molecule has 1 saturated heterocycles. The number of hydrogen-bond acceptors (Lipinski definition) is 3. The first-order valence-electron chi connectivity index (χ1n) is 6.88. The highest BCUT2D eigenvalue weighted by Crippen LogP contribution is 2.43. The van der Waals surface area contributed by atoms with Gasteiger partial charge in [0.1, 0.15) is 0 Å². The molecule has 7 heteroatoms. The van der Waals surface area contributed by atoms with Crippen LogP contribution >= 0.6 is 0 Å². The van der Waals surface area contributed by atoms with E-state index in [9.17, 15) is 13.2 Å². The zero-order valence-corrected chi connectivity index (χ0v) is 11.7. The van der Waals surface area contributed by atoms with Gasteiger partial charge in [-0.05, 0) is 25.8 Å². The van der Waals surface area contributed by atoms with Gasteiger partial charge in [0.05, 0.1) is 31.0 Å². The number of hydrogen-bond donors (Lipinski definition) is 1. The highest BCUT2D eigenvalue weighted by Gasteiger charge is 2.47. The minimum atomic E-state index is -4.22. The fourth-order valence-corrected chi connectivity index (χ4v) is 2.77. The summed E-state index contributed by atoms with van der Waals surface area (Å²) in [6.45, 7) is 3.13. The lowest BCUT2D eigenvalue weighted by atomic mass is 9.88. The normalized spacial score (nSPS) is 23.9. The molecule has 1 fully saturated rings. The molecule has 1 N–H and O–H groups in total. The van der Waals surface area contributed by atoms with Crippen LogP contribution in [0.1, 0.15) is 37.9 Å². The van der Waals surface area contributed by atoms with Crippen LogP contribution in [0.4, 0.5) is 13.2 Å². The van der Waals surface area contributed by atoms with Gasteiger partial charge in [-0.25, -0.2) is 0 Å². The van der Waals surface area contributed by atoms with Gasteiger partial charge in [-0.2, -0.15) is 18.3 Å². The van der Waals surface area contributed by atoms with Crippen LogP contribution in [0.2, 0.25) is 0 Å². The molecule has 0 aliphatic carbocycles. The molecule has 2 rings (SSSR count). The molecular formula is C13H20F3N3O. The van der Waals surface area contributed by atoms with E-state index < -0.39 is 18.1 Å². The van der Waals surface area contributed by atoms with E-state index >= 15 is 0 Å². The third-order valence-corrected chi connectivity index (χ3v) is 3.67. The molecule has 0 amide bonds. The number of rotatable bonds is 4. The summed E-state index contributed by atoms with van der Waals surface area (Å²) in [4.78, 5) is 0. The summed E-state index contributed by atoms with van der Waals surface area (Å²) in [5, 5.41) is 7.14. The third kappa shape index (κ3) is 2.92. The summed E-state index contributed by atoms with van der Waals surface area (Å²) < 4.78 is 46.5. The van der Waals surface area contributed by atoms with Crippen LogP contribution in [-0.4, -0.2) is 29.6 Å². The standard InChI is InChI=1S/C13H20F3N3O/c1-3-7-19-12(10(20-2)8-18-19)11-9(13(14,15)16)5-4-6-17-11/h8-9,11,17H,3-7H2,1-2H3. The maximum Gasteiger partial charge on any atom is 0.393 e. The zero-order chi connectivity index (χ0) is 14.8. The van der Waals surface area contributed by atoms with Crippen molar-refractivity contribution in [3.05, 3.63) is 11.9 Å². The Balaban J connectivity index is 2.38. The molecule has 0 aromatic carbocycles. The molecule has 1 aromatic heterocycles. The number of piperidine rings is 1. The Kier molecular flexibility index (Phi) is 4.57. The maximum atomic E-state index is 13.2. The monoisotopic (exact) mass is 291 g/mol. The van der Waals surface area contributed by atoms with Crippen molar-refractivity contribution in [3.8, 4) is 5.75 Å². The Bertz CT molecular complexity index is 445. The van der Waals surface area contributed by atoms with Gasteiger partial charge in [0.25, 0.3) is 0 Å². The number of halogens is 3. The van der Waals surface area contributed by atoms with E-state index in [-0.39, 0.29) is 6.42 Å². The van der Waals surface area contributed by atoms with Crippen LogP contribution in [0.15, 0.2) is 6.20 Å². The van der Waals surface area contributed by atoms with Crippen molar-refractivity contribution < 1.29 is 17.9 Å². The Morgan fingerprint density at radius 2 is 2.25 bits per heavy atom. The molecule has 0 saturated carbocycles. The van der Waals surface area contributed by atoms with Crippen LogP contribution < -0.4 is 10.1 Å². The highest BCUT2D eigenvalue weighted by molar-refractivity contribution is 5.29. The van der Waals surface area contributed by atoms with Gasteiger partial charge >= 0.3 is 6.18 Å². The van der Waals surface area contributed by atoms with Crippen molar-refractivity contribution in [1.82, 2.24) is 15.1 Å². The van der Waals surface area contributed by atoms with Crippen LogP contribution in [0.25, 0.3) is 0 Å². The predicted octanol–water partition coefficient (Wildman–Crippen LogP) is 2.90. The Hall–Kier alpha value is -1.24. The lowest BCUT2D eigenvalue weighted by Crippen LogP contribution is -2.42. The van der Waals surface area contributed by atoms with Crippen molar-refractivity contribution >= 4 is 0 Å². The second kappa shape index (κ2) is 6.03. The fraction of sp³-hybridized carbons (Fsp3) is 0.769. The third-order valence-electron chi connectivity index (χ3n) is 3.67. The summed E-state index contributed by atoms with van der Waals surface area (Å²) >= 11 is 0. The molecular weight excluding hydrogens is 271 g/mol. The summed E-state index contributed by atoms with van der Waals surface area (Å²) in [6.07, 6.45) is -1.24. The molecule has 1 aromatic rings. The number of aromatic nitrogens is 2. The average molecular weight is 291 g/mol. The van der Waals surface area contributed by atoms with Crippen LogP contribution in [0.5, 0.6) is 5.75 Å². The van der Waals surface area contributed by atoms with E-state index in [1.165, 1.54) is 13.3 Å². The second-order valence-corrected chi connectivity index (χ2v) is 5.04. The Morgan fingerprint density at radius 1 is 1.50 bits per heavy atom. The summed E-state index contributed by atoms with van der Waals surface area (Å²) in [5.74, 6) is -0.968. The van der Waals surface area contributed by atoms with Crippen molar-refractivity contribution in [2.24, 2.45) is 5.92 Å². The summed E-state index contributed by atoms with van der Waals surface area (Å²) in [6, 6.07) is -0.784. The van der Waals surface area contributed by atoms with Crippen LogP contribution in [0, 0.1) is 5.92 Å². The van der Waals surface area contributed by atoms with Gasteiger partial charge in [0, 0.05) is 6.54 Å². The molecule has 0 spiro atoms. The molecule has 114 valence electrons. The number of methoxy groups -OCH3 is 1. The molecule has 2 heterocycles. The first-order valence-corrected chi connectivity index (χ1v) is 6.88. The smallest absolute Gasteiger partial charge is 0.393 e. The quantitative estimate of drug-likeness (QED) is 0.927. The van der Waals surface area contributed by atoms with Gasteiger partial charge in [0.15, 0.2) is 5.75 Å². The van der Waals surface area contributed by atoms with Crippen molar-refractivity contribution in [1.29, 1.82) is 0 Å². The van der Waals surface area contributed by atoms with E-state index in [0.717, 1.165) is 6.42 Å². The van der Waals surface area contributed by atoms with Gasteiger partial charge in [-0.1, -0.05) is 6.92 Å². The van der Waals surface area contributed by atoms with E-state index in [4.69, 9.17) is 4.74 Å². The van der Waals surface area contributed by atoms with Crippen molar-refractivity contribution in [2.75, 3.05) is 13.7 Å². The van der Waals surface area contributed by atoms with Gasteiger partial charge in [-0.15, -0.1) is 0 Å². The molecule has 0 radical (unpaired) electrons. The lowest BCUT2D eigenvalue weighted by Gasteiger charge is -2.34. The number of alkyl halides is 3. The minimum Gasteiger partial charge on any atom is -0.493 e. The molecule has 1 aliphatic rings. The second-order valence-electron chi connectivity index (χ2n) is 5.04. The number of nitrogens with one attached hydrogen (secondary N) is 1. The minimum absolute atomic E-state index is 0.141.